The van der Waals surface area contributed by atoms with Crippen LogP contribution < -0.4 is 0 Å². The van der Waals surface area contributed by atoms with E-state index in [0.29, 0.717) is 29.7 Å². The Labute approximate surface area is 194 Å². The maximum Gasteiger partial charge on any atom is 0.216 e. The monoisotopic (exact) mass is 514 g/mol. The fourth-order valence-corrected chi connectivity index (χ4v) is 6.40. The van der Waals surface area contributed by atoms with Gasteiger partial charge in [0.1, 0.15) is 10.4 Å². The summed E-state index contributed by atoms with van der Waals surface area (Å²) in [6.07, 6.45) is 6.40. The number of rotatable bonds is 5. The highest BCUT2D eigenvalue weighted by molar-refractivity contribution is 9.10. The Morgan fingerprint density at radius 1 is 1.19 bits per heavy atom. The lowest BCUT2D eigenvalue weighted by Gasteiger charge is -2.17. The van der Waals surface area contributed by atoms with Gasteiger partial charge in [0.25, 0.3) is 0 Å². The number of pyridine rings is 1. The zero-order chi connectivity index (χ0) is 22.5. The molecule has 10 heteroatoms. The molecule has 166 valence electrons. The van der Waals surface area contributed by atoms with Crippen LogP contribution in [0.3, 0.4) is 0 Å². The van der Waals surface area contributed by atoms with Crippen LogP contribution in [-0.4, -0.2) is 56.8 Å². The molecule has 0 aliphatic heterocycles. The van der Waals surface area contributed by atoms with Gasteiger partial charge in [0.05, 0.1) is 21.8 Å². The first-order valence-corrected chi connectivity index (χ1v) is 12.8. The van der Waals surface area contributed by atoms with E-state index in [1.807, 2.05) is 35.0 Å². The molecule has 1 saturated carbocycles. The maximum atomic E-state index is 12.5. The van der Waals surface area contributed by atoms with Gasteiger partial charge in [-0.25, -0.2) is 27.4 Å². The average Bonchev–Trinajstić information content (AvgIpc) is 3.38. The van der Waals surface area contributed by atoms with Crippen molar-refractivity contribution in [3.63, 3.8) is 0 Å². The second kappa shape index (κ2) is 8.17. The summed E-state index contributed by atoms with van der Waals surface area (Å²) in [7, 11) is -0.0292. The maximum absolute atomic E-state index is 12.5. The average molecular weight is 515 g/mol. The molecule has 0 N–H and O–H groups in total. The first kappa shape index (κ1) is 21.4. The topological polar surface area (TPSA) is 93.9 Å². The lowest BCUT2D eigenvalue weighted by atomic mass is 10.0. The molecule has 3 heterocycles. The Morgan fingerprint density at radius 3 is 2.84 bits per heavy atom. The van der Waals surface area contributed by atoms with E-state index >= 15 is 0 Å². The van der Waals surface area contributed by atoms with Crippen LogP contribution >= 0.6 is 15.9 Å². The zero-order valence-electron chi connectivity index (χ0n) is 17.8. The zero-order valence-corrected chi connectivity index (χ0v) is 20.2. The Kier molecular flexibility index (Phi) is 5.47. The standard InChI is InChI=1S/C22H23BrN6O2S/c1-28(2)32(30,31)17-7-5-14(10-17)11-20-25-13-18-21(23)27-29(22(18)26-20)16-6-8-19-15(12-16)4-3-9-24-19/h3-4,6,8-9,12-14,17H,5,7,10-11H2,1-2H3/t14-,17-/m1/s1. The molecule has 4 aromatic rings. The third-order valence-corrected chi connectivity index (χ3v) is 9.03. The van der Waals surface area contributed by atoms with Crippen molar-refractivity contribution in [3.8, 4) is 5.69 Å². The van der Waals surface area contributed by atoms with Crippen molar-refractivity contribution in [2.24, 2.45) is 5.92 Å². The summed E-state index contributed by atoms with van der Waals surface area (Å²) in [4.78, 5) is 13.7. The van der Waals surface area contributed by atoms with Gasteiger partial charge in [-0.15, -0.1) is 0 Å². The van der Waals surface area contributed by atoms with Gasteiger partial charge in [-0.2, -0.15) is 5.10 Å². The van der Waals surface area contributed by atoms with Crippen molar-refractivity contribution in [1.82, 2.24) is 29.0 Å². The molecule has 5 rings (SSSR count). The molecule has 2 atom stereocenters. The van der Waals surface area contributed by atoms with E-state index in [4.69, 9.17) is 4.98 Å². The van der Waals surface area contributed by atoms with Crippen molar-refractivity contribution >= 4 is 47.9 Å². The first-order chi connectivity index (χ1) is 15.3. The number of nitrogens with zero attached hydrogens (tertiary/aromatic N) is 6. The number of benzene rings is 1. The number of hydrogen-bond acceptors (Lipinski definition) is 6. The highest BCUT2D eigenvalue weighted by Gasteiger charge is 2.35. The summed E-state index contributed by atoms with van der Waals surface area (Å²) in [6.45, 7) is 0. The number of sulfonamides is 1. The van der Waals surface area contributed by atoms with E-state index in [0.717, 1.165) is 34.0 Å². The van der Waals surface area contributed by atoms with Crippen molar-refractivity contribution in [3.05, 3.63) is 53.2 Å². The molecular formula is C22H23BrN6O2S. The van der Waals surface area contributed by atoms with E-state index in [1.165, 1.54) is 4.31 Å². The van der Waals surface area contributed by atoms with Gasteiger partial charge in [0.15, 0.2) is 5.65 Å². The molecule has 1 fully saturated rings. The molecule has 1 aromatic carbocycles. The van der Waals surface area contributed by atoms with Gasteiger partial charge in [0.2, 0.25) is 10.0 Å². The van der Waals surface area contributed by atoms with Gasteiger partial charge < -0.3 is 0 Å². The number of halogens is 1. The van der Waals surface area contributed by atoms with Crippen molar-refractivity contribution in [2.75, 3.05) is 14.1 Å². The molecule has 1 aliphatic carbocycles. The van der Waals surface area contributed by atoms with E-state index in [-0.39, 0.29) is 11.2 Å². The highest BCUT2D eigenvalue weighted by Crippen LogP contribution is 2.34. The Balaban J connectivity index is 1.45. The first-order valence-electron chi connectivity index (χ1n) is 10.5. The molecule has 0 radical (unpaired) electrons. The highest BCUT2D eigenvalue weighted by atomic mass is 79.9. The molecule has 0 spiro atoms. The van der Waals surface area contributed by atoms with Gasteiger partial charge in [-0.05, 0) is 65.4 Å². The predicted molar refractivity (Wildman–Crippen MR) is 127 cm³/mol. The van der Waals surface area contributed by atoms with Crippen LogP contribution in [0, 0.1) is 5.92 Å². The predicted octanol–water partition coefficient (Wildman–Crippen LogP) is 3.73. The summed E-state index contributed by atoms with van der Waals surface area (Å²) in [5, 5.41) is 6.17. The lowest BCUT2D eigenvalue weighted by Crippen LogP contribution is -2.32. The molecule has 0 unspecified atom stereocenters. The van der Waals surface area contributed by atoms with Crippen molar-refractivity contribution < 1.29 is 8.42 Å². The molecule has 0 saturated heterocycles. The summed E-state index contributed by atoms with van der Waals surface area (Å²) in [5.74, 6) is 0.959. The van der Waals surface area contributed by atoms with E-state index in [2.05, 4.69) is 31.0 Å². The molecule has 0 bridgehead atoms. The number of hydrogen-bond donors (Lipinski definition) is 0. The summed E-state index contributed by atoms with van der Waals surface area (Å²) >= 11 is 3.53. The summed E-state index contributed by atoms with van der Waals surface area (Å²) in [6, 6.07) is 9.92. The van der Waals surface area contributed by atoms with Crippen molar-refractivity contribution in [1.29, 1.82) is 0 Å². The Morgan fingerprint density at radius 2 is 2.03 bits per heavy atom. The molecular weight excluding hydrogens is 492 g/mol. The fraction of sp³-hybridized carbons (Fsp3) is 0.364. The fourth-order valence-electron chi connectivity index (χ4n) is 4.42. The number of fused-ring (bicyclic) bond motifs is 2. The molecule has 8 nitrogen and oxygen atoms in total. The third kappa shape index (κ3) is 3.80. The summed E-state index contributed by atoms with van der Waals surface area (Å²) < 4.78 is 28.8. The lowest BCUT2D eigenvalue weighted by molar-refractivity contribution is 0.494. The molecule has 3 aromatic heterocycles. The van der Waals surface area contributed by atoms with E-state index in [9.17, 15) is 8.42 Å². The van der Waals surface area contributed by atoms with E-state index in [1.54, 1.807) is 26.5 Å². The quantitative estimate of drug-likeness (QED) is 0.402. The summed E-state index contributed by atoms with van der Waals surface area (Å²) in [5.41, 5.74) is 2.54. The van der Waals surface area contributed by atoms with Gasteiger partial charge >= 0.3 is 0 Å². The smallest absolute Gasteiger partial charge is 0.216 e. The van der Waals surface area contributed by atoms with Crippen LogP contribution in [0.4, 0.5) is 0 Å². The molecule has 1 aliphatic rings. The largest absolute Gasteiger partial charge is 0.256 e. The van der Waals surface area contributed by atoms with Crippen molar-refractivity contribution in [2.45, 2.75) is 30.9 Å². The minimum Gasteiger partial charge on any atom is -0.256 e. The molecule has 0 amide bonds. The Hall–Kier alpha value is -2.43. The normalized spacial score (nSPS) is 19.4. The molecule has 32 heavy (non-hydrogen) atoms. The van der Waals surface area contributed by atoms with E-state index < -0.39 is 10.0 Å². The SMILES string of the molecule is CN(C)S(=O)(=O)[C@@H]1CC[C@@H](Cc2ncc3c(Br)nn(-c4ccc5ncccc5c4)c3n2)C1. The second-order valence-electron chi connectivity index (χ2n) is 8.44. The number of aromatic nitrogens is 5. The van der Waals surface area contributed by atoms with Gasteiger partial charge in [-0.1, -0.05) is 6.07 Å². The van der Waals surface area contributed by atoms with Crippen LogP contribution in [0.15, 0.2) is 47.3 Å². The minimum atomic E-state index is -3.23. The third-order valence-electron chi connectivity index (χ3n) is 6.15. The van der Waals surface area contributed by atoms with Crippen LogP contribution in [0.5, 0.6) is 0 Å². The van der Waals surface area contributed by atoms with Gasteiger partial charge in [-0.3, -0.25) is 4.98 Å². The van der Waals surface area contributed by atoms with Gasteiger partial charge in [0, 0.05) is 38.3 Å². The van der Waals surface area contributed by atoms with Crippen LogP contribution in [0.2, 0.25) is 0 Å². The van der Waals surface area contributed by atoms with Crippen LogP contribution in [-0.2, 0) is 16.4 Å². The van der Waals surface area contributed by atoms with Crippen LogP contribution in [0.1, 0.15) is 25.1 Å². The second-order valence-corrected chi connectivity index (χ2v) is 11.6. The minimum absolute atomic E-state index is 0.249. The van der Waals surface area contributed by atoms with Crippen LogP contribution in [0.25, 0.3) is 27.6 Å². The Bertz CT molecular complexity index is 1420.